The van der Waals surface area contributed by atoms with Crippen LogP contribution < -0.4 is 0 Å². The number of hydrogen-bond donors (Lipinski definition) is 1. The molecule has 1 heterocycles. The highest BCUT2D eigenvalue weighted by atomic mass is 16.4. The van der Waals surface area contributed by atoms with E-state index in [2.05, 4.69) is 22.1 Å². The highest BCUT2D eigenvalue weighted by Crippen LogP contribution is 2.20. The van der Waals surface area contributed by atoms with Crippen LogP contribution in [0.4, 0.5) is 0 Å². The topological polar surface area (TPSA) is 71.2 Å². The van der Waals surface area contributed by atoms with Crippen molar-refractivity contribution in [2.75, 3.05) is 20.6 Å². The van der Waals surface area contributed by atoms with Gasteiger partial charge in [-0.2, -0.15) is 0 Å². The average Bonchev–Trinajstić information content (AvgIpc) is 2.79. The third kappa shape index (κ3) is 2.73. The van der Waals surface area contributed by atoms with Crippen LogP contribution in [-0.4, -0.2) is 51.6 Å². The van der Waals surface area contributed by atoms with Crippen molar-refractivity contribution in [2.45, 2.75) is 19.4 Å². The fraction of sp³-hybridized carbons (Fsp3) is 0.462. The number of nitrogens with zero attached hydrogens (tertiary/aromatic N) is 4. The van der Waals surface area contributed by atoms with Crippen LogP contribution in [0.2, 0.25) is 0 Å². The number of carbonyl (C=O) groups is 1. The van der Waals surface area contributed by atoms with Crippen LogP contribution in [0.3, 0.4) is 0 Å². The third-order valence-corrected chi connectivity index (χ3v) is 3.14. The van der Waals surface area contributed by atoms with Crippen LogP contribution in [0, 0.1) is 0 Å². The Labute approximate surface area is 111 Å². The number of hydrogen-bond acceptors (Lipinski definition) is 4. The molecule has 1 atom stereocenters. The molecule has 1 N–H and O–H groups in total. The first-order valence-corrected chi connectivity index (χ1v) is 6.22. The van der Waals surface area contributed by atoms with E-state index in [0.29, 0.717) is 5.52 Å². The summed E-state index contributed by atoms with van der Waals surface area (Å²) in [5.74, 6) is -0.974. The fourth-order valence-corrected chi connectivity index (χ4v) is 2.03. The zero-order chi connectivity index (χ0) is 14.0. The molecule has 0 spiro atoms. The molecule has 0 fully saturated rings. The quantitative estimate of drug-likeness (QED) is 0.887. The lowest BCUT2D eigenvalue weighted by Gasteiger charge is -2.15. The van der Waals surface area contributed by atoms with Gasteiger partial charge in [-0.05, 0) is 46.1 Å². The second-order valence-electron chi connectivity index (χ2n) is 4.95. The molecule has 0 aliphatic carbocycles. The number of fused-ring (bicyclic) bond motifs is 1. The number of carboxylic acid groups (broad SMARTS) is 1. The molecule has 2 aromatic rings. The molecule has 2 rings (SSSR count). The van der Waals surface area contributed by atoms with Gasteiger partial charge in [0, 0.05) is 0 Å². The van der Waals surface area contributed by atoms with Gasteiger partial charge in [0.25, 0.3) is 0 Å². The Balaban J connectivity index is 2.35. The number of benzene rings is 1. The molecule has 0 saturated carbocycles. The first-order chi connectivity index (χ1) is 9.00. The van der Waals surface area contributed by atoms with Gasteiger partial charge in [-0.1, -0.05) is 11.3 Å². The van der Waals surface area contributed by atoms with Gasteiger partial charge >= 0.3 is 5.97 Å². The molecule has 6 heteroatoms. The highest BCUT2D eigenvalue weighted by Gasteiger charge is 2.16. The predicted molar refractivity (Wildman–Crippen MR) is 72.4 cm³/mol. The summed E-state index contributed by atoms with van der Waals surface area (Å²) >= 11 is 0. The van der Waals surface area contributed by atoms with Gasteiger partial charge in [-0.15, -0.1) is 5.10 Å². The van der Waals surface area contributed by atoms with E-state index in [-0.39, 0.29) is 11.6 Å². The molecule has 0 aliphatic heterocycles. The zero-order valence-electron chi connectivity index (χ0n) is 11.4. The number of rotatable bonds is 5. The Kier molecular flexibility index (Phi) is 3.80. The van der Waals surface area contributed by atoms with E-state index in [4.69, 9.17) is 5.11 Å². The molecule has 0 radical (unpaired) electrons. The SMILES string of the molecule is CC(CCN(C)C)n1nnc2c(C(=O)O)cccc21. The lowest BCUT2D eigenvalue weighted by Crippen LogP contribution is -2.18. The minimum Gasteiger partial charge on any atom is -0.478 e. The van der Waals surface area contributed by atoms with E-state index in [1.807, 2.05) is 20.2 Å². The van der Waals surface area contributed by atoms with Crippen molar-refractivity contribution in [3.63, 3.8) is 0 Å². The minimum absolute atomic E-state index is 0.177. The molecule has 0 bridgehead atoms. The second kappa shape index (κ2) is 5.36. The number of carboxylic acids is 1. The fourth-order valence-electron chi connectivity index (χ4n) is 2.03. The van der Waals surface area contributed by atoms with Gasteiger partial charge in [0.1, 0.15) is 5.52 Å². The van der Waals surface area contributed by atoms with Gasteiger partial charge < -0.3 is 10.0 Å². The Bertz CT molecular complexity index is 591. The van der Waals surface area contributed by atoms with Crippen molar-refractivity contribution in [2.24, 2.45) is 0 Å². The average molecular weight is 262 g/mol. The number of aromatic nitrogens is 3. The summed E-state index contributed by atoms with van der Waals surface area (Å²) in [5.41, 5.74) is 1.42. The van der Waals surface area contributed by atoms with Crippen molar-refractivity contribution in [3.05, 3.63) is 23.8 Å². The zero-order valence-corrected chi connectivity index (χ0v) is 11.4. The van der Waals surface area contributed by atoms with Gasteiger partial charge in [-0.25, -0.2) is 9.48 Å². The molecule has 0 saturated heterocycles. The van der Waals surface area contributed by atoms with Crippen LogP contribution in [0.25, 0.3) is 11.0 Å². The highest BCUT2D eigenvalue weighted by molar-refractivity contribution is 6.00. The maximum Gasteiger partial charge on any atom is 0.338 e. The largest absolute Gasteiger partial charge is 0.478 e. The minimum atomic E-state index is -0.974. The Morgan fingerprint density at radius 2 is 2.21 bits per heavy atom. The maximum absolute atomic E-state index is 11.1. The summed E-state index contributed by atoms with van der Waals surface area (Å²) in [4.78, 5) is 13.2. The first kappa shape index (κ1) is 13.5. The summed E-state index contributed by atoms with van der Waals surface area (Å²) < 4.78 is 1.80. The van der Waals surface area contributed by atoms with Crippen LogP contribution in [0.1, 0.15) is 29.7 Å². The lowest BCUT2D eigenvalue weighted by atomic mass is 10.1. The van der Waals surface area contributed by atoms with Gasteiger partial charge in [0.15, 0.2) is 0 Å². The molecule has 102 valence electrons. The standard InChI is InChI=1S/C13H18N4O2/c1-9(7-8-16(2)3)17-11-6-4-5-10(13(18)19)12(11)14-15-17/h4-6,9H,7-8H2,1-3H3,(H,18,19). The van der Waals surface area contributed by atoms with Crippen LogP contribution in [0.15, 0.2) is 18.2 Å². The van der Waals surface area contributed by atoms with Crippen LogP contribution >= 0.6 is 0 Å². The van der Waals surface area contributed by atoms with Crippen molar-refractivity contribution < 1.29 is 9.90 Å². The van der Waals surface area contributed by atoms with Gasteiger partial charge in [-0.3, -0.25) is 0 Å². The monoisotopic (exact) mass is 262 g/mol. The molecule has 1 aromatic heterocycles. The van der Waals surface area contributed by atoms with E-state index in [9.17, 15) is 4.79 Å². The maximum atomic E-state index is 11.1. The second-order valence-corrected chi connectivity index (χ2v) is 4.95. The summed E-state index contributed by atoms with van der Waals surface area (Å²) in [6.07, 6.45) is 0.933. The Morgan fingerprint density at radius 1 is 1.47 bits per heavy atom. The molecule has 6 nitrogen and oxygen atoms in total. The van der Waals surface area contributed by atoms with Gasteiger partial charge in [0.2, 0.25) is 0 Å². The summed E-state index contributed by atoms with van der Waals surface area (Å²) in [6, 6.07) is 5.31. The molecular weight excluding hydrogens is 244 g/mol. The lowest BCUT2D eigenvalue weighted by molar-refractivity contribution is 0.0699. The van der Waals surface area contributed by atoms with E-state index in [1.54, 1.807) is 16.8 Å². The predicted octanol–water partition coefficient (Wildman–Crippen LogP) is 1.64. The number of aromatic carboxylic acids is 1. The Morgan fingerprint density at radius 3 is 2.84 bits per heavy atom. The van der Waals surface area contributed by atoms with Crippen LogP contribution in [-0.2, 0) is 0 Å². The molecular formula is C13H18N4O2. The normalized spacial score (nSPS) is 13.1. The van der Waals surface area contributed by atoms with E-state index in [1.165, 1.54) is 0 Å². The molecule has 1 aromatic carbocycles. The molecule has 0 amide bonds. The molecule has 19 heavy (non-hydrogen) atoms. The van der Waals surface area contributed by atoms with Crippen LogP contribution in [0.5, 0.6) is 0 Å². The summed E-state index contributed by atoms with van der Waals surface area (Å²) in [5, 5.41) is 17.2. The summed E-state index contributed by atoms with van der Waals surface area (Å²) in [7, 11) is 4.05. The first-order valence-electron chi connectivity index (χ1n) is 6.22. The van der Waals surface area contributed by atoms with E-state index < -0.39 is 5.97 Å². The van der Waals surface area contributed by atoms with Crippen molar-refractivity contribution in [1.29, 1.82) is 0 Å². The Hall–Kier alpha value is -1.95. The molecule has 1 unspecified atom stereocenters. The van der Waals surface area contributed by atoms with Crippen molar-refractivity contribution >= 4 is 17.0 Å². The summed E-state index contributed by atoms with van der Waals surface area (Å²) in [6.45, 7) is 3.01. The van der Waals surface area contributed by atoms with Gasteiger partial charge in [0.05, 0.1) is 17.1 Å². The molecule has 0 aliphatic rings. The smallest absolute Gasteiger partial charge is 0.338 e. The van der Waals surface area contributed by atoms with E-state index in [0.717, 1.165) is 18.5 Å². The third-order valence-electron chi connectivity index (χ3n) is 3.14. The van der Waals surface area contributed by atoms with Crippen molar-refractivity contribution in [3.8, 4) is 0 Å². The van der Waals surface area contributed by atoms with Crippen molar-refractivity contribution in [1.82, 2.24) is 19.9 Å². The van der Waals surface area contributed by atoms with E-state index >= 15 is 0 Å².